The first-order valence-electron chi connectivity index (χ1n) is 12.0. The van der Waals surface area contributed by atoms with E-state index in [9.17, 15) is 14.4 Å². The van der Waals surface area contributed by atoms with Crippen LogP contribution in [0.1, 0.15) is 41.0 Å². The van der Waals surface area contributed by atoms with Crippen molar-refractivity contribution in [2.75, 3.05) is 36.4 Å². The van der Waals surface area contributed by atoms with E-state index in [1.807, 2.05) is 18.7 Å². The summed E-state index contributed by atoms with van der Waals surface area (Å²) in [6.07, 6.45) is 2.02. The molecule has 4 rings (SSSR count). The van der Waals surface area contributed by atoms with Gasteiger partial charge in [0.2, 0.25) is 5.91 Å². The summed E-state index contributed by atoms with van der Waals surface area (Å²) in [5, 5.41) is 6.06. The summed E-state index contributed by atoms with van der Waals surface area (Å²) in [7, 11) is 0. The predicted octanol–water partition coefficient (Wildman–Crippen LogP) is 2.05. The fraction of sp³-hybridized carbons (Fsp3) is 0.385. The maximum absolute atomic E-state index is 12.9. The molecule has 36 heavy (non-hydrogen) atoms. The van der Waals surface area contributed by atoms with Crippen LogP contribution in [0.5, 0.6) is 0 Å². The largest absolute Gasteiger partial charge is 0.372 e. The van der Waals surface area contributed by atoms with Crippen LogP contribution in [0.3, 0.4) is 0 Å². The lowest BCUT2D eigenvalue weighted by Crippen LogP contribution is -2.48. The van der Waals surface area contributed by atoms with Gasteiger partial charge in [-0.3, -0.25) is 14.4 Å². The Kier molecular flexibility index (Phi) is 7.54. The van der Waals surface area contributed by atoms with Crippen molar-refractivity contribution in [2.24, 2.45) is 5.73 Å². The molecule has 3 atom stereocenters. The highest BCUT2D eigenvalue weighted by Crippen LogP contribution is 2.26. The number of nitrogens with zero attached hydrogens (tertiary/aromatic N) is 3. The van der Waals surface area contributed by atoms with Crippen LogP contribution in [0.15, 0.2) is 49.1 Å². The maximum atomic E-state index is 12.9. The monoisotopic (exact) mass is 492 g/mol. The standard InChI is InChI=1S/C26H32N6O4/c1-4-23(33)28-20-11-12-31(15-20)22-10-9-21(24(27)34)25(30-22)29-19-7-5-18(6-8-19)26(35)32-13-16(2)36-17(3)14-32/h4-10,16-17,20H,1,11-15H2,2-3H3,(H2,27,34)(H,28,33)(H,29,30)/t16?,17?,20-/m0/s1. The average molecular weight is 493 g/mol. The molecule has 1 aromatic heterocycles. The molecule has 10 heteroatoms. The number of anilines is 3. The lowest BCUT2D eigenvalue weighted by Gasteiger charge is -2.35. The van der Waals surface area contributed by atoms with E-state index < -0.39 is 5.91 Å². The first kappa shape index (κ1) is 25.2. The third-order valence-corrected chi connectivity index (χ3v) is 6.29. The molecular weight excluding hydrogens is 460 g/mol. The number of amides is 3. The summed E-state index contributed by atoms with van der Waals surface area (Å²) in [5.74, 6) is 0.139. The normalized spacial score (nSPS) is 21.7. The van der Waals surface area contributed by atoms with Gasteiger partial charge in [-0.25, -0.2) is 4.98 Å². The van der Waals surface area contributed by atoms with Gasteiger partial charge in [-0.15, -0.1) is 0 Å². The second-order valence-corrected chi connectivity index (χ2v) is 9.24. The third-order valence-electron chi connectivity index (χ3n) is 6.29. The number of benzene rings is 1. The van der Waals surface area contributed by atoms with Crippen molar-refractivity contribution in [3.63, 3.8) is 0 Å². The fourth-order valence-electron chi connectivity index (χ4n) is 4.62. The maximum Gasteiger partial charge on any atom is 0.254 e. The number of nitrogens with two attached hydrogens (primary N) is 1. The van der Waals surface area contributed by atoms with Gasteiger partial charge in [0, 0.05) is 43.5 Å². The van der Waals surface area contributed by atoms with Gasteiger partial charge in [0.05, 0.1) is 17.8 Å². The summed E-state index contributed by atoms with van der Waals surface area (Å²) < 4.78 is 5.72. The number of carbonyl (C=O) groups excluding carboxylic acids is 3. The van der Waals surface area contributed by atoms with Crippen molar-refractivity contribution in [2.45, 2.75) is 38.5 Å². The Hall–Kier alpha value is -3.92. The van der Waals surface area contributed by atoms with E-state index >= 15 is 0 Å². The van der Waals surface area contributed by atoms with Crippen LogP contribution >= 0.6 is 0 Å². The van der Waals surface area contributed by atoms with E-state index in [1.54, 1.807) is 41.3 Å². The number of aromatic nitrogens is 1. The Morgan fingerprint density at radius 3 is 2.42 bits per heavy atom. The zero-order valence-corrected chi connectivity index (χ0v) is 20.6. The second kappa shape index (κ2) is 10.8. The number of rotatable bonds is 7. The molecule has 0 radical (unpaired) electrons. The van der Waals surface area contributed by atoms with Crippen LogP contribution < -0.4 is 21.3 Å². The van der Waals surface area contributed by atoms with E-state index in [2.05, 4.69) is 22.2 Å². The van der Waals surface area contributed by atoms with E-state index in [1.165, 1.54) is 6.08 Å². The van der Waals surface area contributed by atoms with Gasteiger partial charge in [-0.05, 0) is 62.7 Å². The molecule has 3 amide bonds. The van der Waals surface area contributed by atoms with Gasteiger partial charge in [0.1, 0.15) is 11.6 Å². The molecule has 1 aromatic carbocycles. The topological polar surface area (TPSA) is 130 Å². The van der Waals surface area contributed by atoms with Crippen molar-refractivity contribution >= 4 is 35.0 Å². The Labute approximate surface area is 210 Å². The highest BCUT2D eigenvalue weighted by atomic mass is 16.5. The van der Waals surface area contributed by atoms with Gasteiger partial charge in [-0.1, -0.05) is 6.58 Å². The fourth-order valence-corrected chi connectivity index (χ4v) is 4.62. The molecule has 0 aliphatic carbocycles. The lowest BCUT2D eigenvalue weighted by molar-refractivity contribution is -0.117. The molecule has 10 nitrogen and oxygen atoms in total. The molecule has 2 aliphatic rings. The highest BCUT2D eigenvalue weighted by Gasteiger charge is 2.27. The summed E-state index contributed by atoms with van der Waals surface area (Å²) in [5.41, 5.74) is 7.08. The zero-order chi connectivity index (χ0) is 25.8. The molecule has 2 aromatic rings. The predicted molar refractivity (Wildman–Crippen MR) is 137 cm³/mol. The average Bonchev–Trinajstić information content (AvgIpc) is 3.31. The molecule has 2 saturated heterocycles. The summed E-state index contributed by atoms with van der Waals surface area (Å²) in [6, 6.07) is 10.4. The van der Waals surface area contributed by atoms with Crippen molar-refractivity contribution in [3.8, 4) is 0 Å². The lowest BCUT2D eigenvalue weighted by atomic mass is 10.1. The van der Waals surface area contributed by atoms with Crippen molar-refractivity contribution < 1.29 is 19.1 Å². The Morgan fingerprint density at radius 2 is 1.78 bits per heavy atom. The first-order valence-corrected chi connectivity index (χ1v) is 12.0. The molecule has 2 unspecified atom stereocenters. The number of hydrogen-bond donors (Lipinski definition) is 3. The molecule has 190 valence electrons. The Balaban J connectivity index is 1.48. The second-order valence-electron chi connectivity index (χ2n) is 9.24. The molecule has 4 N–H and O–H groups in total. The van der Waals surface area contributed by atoms with Gasteiger partial charge in [0.15, 0.2) is 0 Å². The van der Waals surface area contributed by atoms with Crippen LogP contribution in [0, 0.1) is 0 Å². The minimum Gasteiger partial charge on any atom is -0.372 e. The molecule has 0 bridgehead atoms. The van der Waals surface area contributed by atoms with Gasteiger partial charge >= 0.3 is 0 Å². The number of ether oxygens (including phenoxy) is 1. The van der Waals surface area contributed by atoms with Crippen LogP contribution in [-0.4, -0.2) is 72.0 Å². The van der Waals surface area contributed by atoms with Crippen molar-refractivity contribution in [3.05, 3.63) is 60.2 Å². The smallest absolute Gasteiger partial charge is 0.254 e. The van der Waals surface area contributed by atoms with Crippen molar-refractivity contribution in [1.82, 2.24) is 15.2 Å². The SMILES string of the molecule is C=CC(=O)N[C@H]1CCN(c2ccc(C(N)=O)c(Nc3ccc(C(=O)N4CC(C)OC(C)C4)cc3)n2)C1. The Bertz CT molecular complexity index is 1140. The van der Waals surface area contributed by atoms with Crippen LogP contribution in [0.2, 0.25) is 0 Å². The van der Waals surface area contributed by atoms with Gasteiger partial charge < -0.3 is 30.9 Å². The molecule has 2 aliphatic heterocycles. The van der Waals surface area contributed by atoms with Crippen LogP contribution in [0.4, 0.5) is 17.3 Å². The minimum atomic E-state index is -0.601. The first-order chi connectivity index (χ1) is 17.2. The van der Waals surface area contributed by atoms with Crippen LogP contribution in [0.25, 0.3) is 0 Å². The van der Waals surface area contributed by atoms with Crippen LogP contribution in [-0.2, 0) is 9.53 Å². The van der Waals surface area contributed by atoms with Gasteiger partial charge in [-0.2, -0.15) is 0 Å². The Morgan fingerprint density at radius 1 is 1.08 bits per heavy atom. The molecule has 3 heterocycles. The molecule has 0 saturated carbocycles. The zero-order valence-electron chi connectivity index (χ0n) is 20.6. The number of hydrogen-bond acceptors (Lipinski definition) is 7. The molecule has 0 spiro atoms. The number of primary amides is 1. The third kappa shape index (κ3) is 5.83. The van der Waals surface area contributed by atoms with E-state index in [0.29, 0.717) is 49.1 Å². The molecule has 2 fully saturated rings. The van der Waals surface area contributed by atoms with E-state index in [-0.39, 0.29) is 35.6 Å². The summed E-state index contributed by atoms with van der Waals surface area (Å²) in [6.45, 7) is 9.81. The van der Waals surface area contributed by atoms with E-state index in [0.717, 1.165) is 6.42 Å². The quantitative estimate of drug-likeness (QED) is 0.505. The minimum absolute atomic E-state index is 0.00615. The van der Waals surface area contributed by atoms with Gasteiger partial charge in [0.25, 0.3) is 11.8 Å². The van der Waals surface area contributed by atoms with Crippen molar-refractivity contribution in [1.29, 1.82) is 0 Å². The number of carbonyl (C=O) groups is 3. The molecular formula is C26H32N6O4. The summed E-state index contributed by atoms with van der Waals surface area (Å²) >= 11 is 0. The van der Waals surface area contributed by atoms with E-state index in [4.69, 9.17) is 10.5 Å². The number of morpholine rings is 1. The summed E-state index contributed by atoms with van der Waals surface area (Å²) in [4.78, 5) is 45.1. The number of pyridine rings is 1. The highest BCUT2D eigenvalue weighted by molar-refractivity contribution is 5.99. The number of nitrogens with one attached hydrogen (secondary N) is 2.